The van der Waals surface area contributed by atoms with Crippen molar-refractivity contribution in [3.63, 3.8) is 0 Å². The smallest absolute Gasteiger partial charge is 0.388 e. The molecule has 0 aromatic rings. The van der Waals surface area contributed by atoms with Crippen molar-refractivity contribution < 1.29 is 18.0 Å². The Morgan fingerprint density at radius 3 is 2.86 bits per heavy atom. The van der Waals surface area contributed by atoms with E-state index in [0.717, 1.165) is 0 Å². The highest BCUT2D eigenvalue weighted by molar-refractivity contribution is 5.84. The molecule has 3 nitrogen and oxygen atoms in total. The molecule has 0 aromatic carbocycles. The minimum absolute atomic E-state index is 0.113. The number of fused-ring (bicyclic) bond motifs is 3. The maximum atomic E-state index is 13.4. The highest BCUT2D eigenvalue weighted by atomic mass is 19.4. The minimum atomic E-state index is -4.36. The molecular weight excluding hydrogens is 281 g/mol. The van der Waals surface area contributed by atoms with Crippen molar-refractivity contribution in [3.05, 3.63) is 36.2 Å². The van der Waals surface area contributed by atoms with E-state index in [9.17, 15) is 18.0 Å². The molecule has 1 amide bonds. The van der Waals surface area contributed by atoms with Crippen LogP contribution >= 0.6 is 0 Å². The van der Waals surface area contributed by atoms with Crippen molar-refractivity contribution in [2.45, 2.75) is 25.6 Å². The summed E-state index contributed by atoms with van der Waals surface area (Å²) in [7, 11) is 0. The number of nitrogens with zero attached hydrogens (tertiary/aromatic N) is 1. The van der Waals surface area contributed by atoms with Gasteiger partial charge in [-0.1, -0.05) is 23.8 Å². The molecule has 6 heteroatoms. The number of allylic oxidation sites excluding steroid dienone is 3. The van der Waals surface area contributed by atoms with Crippen molar-refractivity contribution in [1.29, 1.82) is 0 Å². The summed E-state index contributed by atoms with van der Waals surface area (Å²) in [5, 5.41) is 3.01. The van der Waals surface area contributed by atoms with Gasteiger partial charge in [0, 0.05) is 24.9 Å². The number of amides is 1. The van der Waals surface area contributed by atoms with E-state index in [1.54, 1.807) is 31.5 Å². The van der Waals surface area contributed by atoms with E-state index in [0.29, 0.717) is 12.1 Å². The molecule has 2 unspecified atom stereocenters. The van der Waals surface area contributed by atoms with Gasteiger partial charge in [-0.25, -0.2) is 0 Å². The maximum absolute atomic E-state index is 13.4. The predicted molar refractivity (Wildman–Crippen MR) is 71.8 cm³/mol. The van der Waals surface area contributed by atoms with Gasteiger partial charge in [-0.2, -0.15) is 13.2 Å². The first-order valence-corrected chi connectivity index (χ1v) is 7.06. The number of alkyl halides is 3. The Morgan fingerprint density at radius 2 is 2.19 bits per heavy atom. The number of nitrogens with one attached hydrogen (secondary N) is 1. The first kappa shape index (κ1) is 14.2. The normalized spacial score (nSPS) is 35.5. The molecule has 1 saturated heterocycles. The molecule has 1 fully saturated rings. The summed E-state index contributed by atoms with van der Waals surface area (Å²) < 4.78 is 40.2. The monoisotopic (exact) mass is 298 g/mol. The molecule has 3 rings (SSSR count). The van der Waals surface area contributed by atoms with Gasteiger partial charge < -0.3 is 10.2 Å². The third-order valence-corrected chi connectivity index (χ3v) is 4.53. The molecule has 2 aliphatic heterocycles. The zero-order chi connectivity index (χ0) is 15.2. The zero-order valence-electron chi connectivity index (χ0n) is 11.6. The van der Waals surface area contributed by atoms with E-state index in [1.165, 1.54) is 4.90 Å². The van der Waals surface area contributed by atoms with Crippen LogP contribution in [0.3, 0.4) is 0 Å². The summed E-state index contributed by atoms with van der Waals surface area (Å²) in [6, 6.07) is -0.224. The van der Waals surface area contributed by atoms with Gasteiger partial charge >= 0.3 is 6.18 Å². The van der Waals surface area contributed by atoms with Gasteiger partial charge in [0.15, 0.2) is 0 Å². The number of rotatable bonds is 1. The molecule has 21 heavy (non-hydrogen) atoms. The predicted octanol–water partition coefficient (Wildman–Crippen LogP) is 2.59. The lowest BCUT2D eigenvalue weighted by Crippen LogP contribution is -2.42. The number of carbonyl (C=O) groups excluding carboxylic acids is 1. The van der Waals surface area contributed by atoms with Crippen LogP contribution in [0.5, 0.6) is 0 Å². The van der Waals surface area contributed by atoms with E-state index in [4.69, 9.17) is 0 Å². The second-order valence-corrected chi connectivity index (χ2v) is 5.73. The van der Waals surface area contributed by atoms with Crippen LogP contribution in [0.2, 0.25) is 0 Å². The van der Waals surface area contributed by atoms with Gasteiger partial charge in [0.1, 0.15) is 0 Å². The molecule has 0 spiro atoms. The van der Waals surface area contributed by atoms with E-state index < -0.39 is 23.9 Å². The van der Waals surface area contributed by atoms with Crippen LogP contribution in [0.4, 0.5) is 13.2 Å². The number of hydrogen-bond donors (Lipinski definition) is 1. The summed E-state index contributed by atoms with van der Waals surface area (Å²) in [4.78, 5) is 13.9. The molecule has 0 bridgehead atoms. The zero-order valence-corrected chi connectivity index (χ0v) is 11.6. The SMILES string of the molecule is CC=CC1=CC2[C@@H](C(=O)N3C=CNC[C@H]23)C(C(F)(F)F)C1. The summed E-state index contributed by atoms with van der Waals surface area (Å²) in [6.45, 7) is 2.28. The van der Waals surface area contributed by atoms with Crippen LogP contribution in [0, 0.1) is 17.8 Å². The van der Waals surface area contributed by atoms with Crippen molar-refractivity contribution in [2.75, 3.05) is 6.54 Å². The first-order valence-electron chi connectivity index (χ1n) is 7.06. The lowest BCUT2D eigenvalue weighted by Gasteiger charge is -2.33. The molecule has 0 saturated carbocycles. The molecule has 4 atom stereocenters. The maximum Gasteiger partial charge on any atom is 0.392 e. The number of halogens is 3. The Hall–Kier alpha value is -1.72. The Bertz CT molecular complexity index is 536. The highest BCUT2D eigenvalue weighted by Gasteiger charge is 2.58. The molecule has 114 valence electrons. The second-order valence-electron chi connectivity index (χ2n) is 5.73. The summed E-state index contributed by atoms with van der Waals surface area (Å²) in [5.41, 5.74) is 0.672. The van der Waals surface area contributed by atoms with E-state index in [-0.39, 0.29) is 18.4 Å². The first-order chi connectivity index (χ1) is 9.93. The van der Waals surface area contributed by atoms with Gasteiger partial charge in [-0.05, 0) is 13.3 Å². The van der Waals surface area contributed by atoms with Gasteiger partial charge in [-0.3, -0.25) is 4.79 Å². The Labute approximate surface area is 121 Å². The van der Waals surface area contributed by atoms with Crippen molar-refractivity contribution in [1.82, 2.24) is 10.2 Å². The van der Waals surface area contributed by atoms with E-state index >= 15 is 0 Å². The van der Waals surface area contributed by atoms with E-state index in [2.05, 4.69) is 5.32 Å². The van der Waals surface area contributed by atoms with Crippen LogP contribution in [-0.2, 0) is 4.79 Å². The van der Waals surface area contributed by atoms with Crippen LogP contribution in [-0.4, -0.2) is 29.6 Å². The third-order valence-electron chi connectivity index (χ3n) is 4.53. The number of hydrogen-bond acceptors (Lipinski definition) is 2. The van der Waals surface area contributed by atoms with Gasteiger partial charge in [0.05, 0.1) is 17.9 Å². The fourth-order valence-electron chi connectivity index (χ4n) is 3.67. The quantitative estimate of drug-likeness (QED) is 0.807. The Kier molecular flexibility index (Phi) is 3.34. The average Bonchev–Trinajstić information content (AvgIpc) is 2.72. The lowest BCUT2D eigenvalue weighted by atomic mass is 9.72. The van der Waals surface area contributed by atoms with Crippen molar-refractivity contribution in [2.24, 2.45) is 17.8 Å². The summed E-state index contributed by atoms with van der Waals surface area (Å²) in [5.74, 6) is -3.37. The van der Waals surface area contributed by atoms with Crippen LogP contribution < -0.4 is 5.32 Å². The average molecular weight is 298 g/mol. The molecule has 1 N–H and O–H groups in total. The van der Waals surface area contributed by atoms with Gasteiger partial charge in [-0.15, -0.1) is 0 Å². The molecular formula is C15H17F3N2O. The minimum Gasteiger partial charge on any atom is -0.388 e. The highest BCUT2D eigenvalue weighted by Crippen LogP contribution is 2.49. The van der Waals surface area contributed by atoms with Crippen LogP contribution in [0.1, 0.15) is 13.3 Å². The molecule has 3 aliphatic rings. The largest absolute Gasteiger partial charge is 0.392 e. The molecule has 1 aliphatic carbocycles. The molecule has 2 heterocycles. The van der Waals surface area contributed by atoms with Crippen LogP contribution in [0.15, 0.2) is 36.2 Å². The molecule has 0 aromatic heterocycles. The topological polar surface area (TPSA) is 32.3 Å². The van der Waals surface area contributed by atoms with Crippen molar-refractivity contribution in [3.8, 4) is 0 Å². The lowest BCUT2D eigenvalue weighted by molar-refractivity contribution is -0.193. The van der Waals surface area contributed by atoms with Gasteiger partial charge in [0.2, 0.25) is 5.91 Å². The molecule has 0 radical (unpaired) electrons. The standard InChI is InChI=1S/C15H17F3N2O/c1-2-3-9-6-10-12-8-19-4-5-20(12)14(21)13(10)11(7-9)15(16,17)18/h2-6,10-13,19H,7-8H2,1H3/t10?,11?,12-,13-/m1/s1. The Balaban J connectivity index is 2.03. The fourth-order valence-corrected chi connectivity index (χ4v) is 3.67. The third kappa shape index (κ3) is 2.26. The second kappa shape index (κ2) is 4.93. The summed E-state index contributed by atoms with van der Waals surface area (Å²) >= 11 is 0. The van der Waals surface area contributed by atoms with E-state index in [1.807, 2.05) is 6.08 Å². The van der Waals surface area contributed by atoms with Crippen molar-refractivity contribution >= 4 is 5.91 Å². The Morgan fingerprint density at radius 1 is 1.43 bits per heavy atom. The fraction of sp³-hybridized carbons (Fsp3) is 0.533. The van der Waals surface area contributed by atoms with Gasteiger partial charge in [0.25, 0.3) is 0 Å². The summed E-state index contributed by atoms with van der Waals surface area (Å²) in [6.07, 6.45) is 4.03. The van der Waals surface area contributed by atoms with Crippen LogP contribution in [0.25, 0.3) is 0 Å². The number of carbonyl (C=O) groups is 1.